The maximum atomic E-state index is 9.37. The third kappa shape index (κ3) is 50.8. The molecule has 0 aromatic carbocycles. The number of carbonyl (C=O) groups is 2. The second-order valence-corrected chi connectivity index (χ2v) is 1.49. The van der Waals surface area contributed by atoms with Crippen molar-refractivity contribution < 1.29 is 24.5 Å². The number of halogens is 1. The summed E-state index contributed by atoms with van der Waals surface area (Å²) >= 11 is 0. The zero-order valence-corrected chi connectivity index (χ0v) is 6.53. The molecule has 11 heavy (non-hydrogen) atoms. The van der Waals surface area contributed by atoms with E-state index in [0.29, 0.717) is 0 Å². The Morgan fingerprint density at radius 2 is 1.09 bits per heavy atom. The SMILES string of the molecule is CCC(=O)O.CCC(=O)O.F. The van der Waals surface area contributed by atoms with Crippen molar-refractivity contribution in [1.82, 2.24) is 0 Å². The highest BCUT2D eigenvalue weighted by atomic mass is 19.0. The van der Waals surface area contributed by atoms with Gasteiger partial charge in [0.2, 0.25) is 0 Å². The molecule has 0 aliphatic heterocycles. The molecule has 0 amide bonds. The van der Waals surface area contributed by atoms with Gasteiger partial charge in [-0.1, -0.05) is 13.8 Å². The topological polar surface area (TPSA) is 74.6 Å². The molecule has 0 aliphatic carbocycles. The van der Waals surface area contributed by atoms with Gasteiger partial charge in [-0.15, -0.1) is 0 Å². The lowest BCUT2D eigenvalue weighted by Gasteiger charge is -1.71. The van der Waals surface area contributed by atoms with Crippen molar-refractivity contribution in [2.24, 2.45) is 0 Å². The Labute approximate surface area is 64.2 Å². The van der Waals surface area contributed by atoms with Gasteiger partial charge in [-0.3, -0.25) is 14.3 Å². The maximum absolute atomic E-state index is 9.37. The molecule has 4 nitrogen and oxygen atoms in total. The molecule has 0 spiro atoms. The number of rotatable bonds is 2. The van der Waals surface area contributed by atoms with Crippen LogP contribution in [-0.4, -0.2) is 22.2 Å². The molecule has 0 saturated heterocycles. The van der Waals surface area contributed by atoms with Crippen molar-refractivity contribution in [3.05, 3.63) is 0 Å². The van der Waals surface area contributed by atoms with E-state index in [1.165, 1.54) is 0 Å². The molecule has 0 bridgehead atoms. The molecule has 0 unspecified atom stereocenters. The van der Waals surface area contributed by atoms with Crippen LogP contribution in [0.25, 0.3) is 0 Å². The highest BCUT2D eigenvalue weighted by Crippen LogP contribution is 1.67. The van der Waals surface area contributed by atoms with Crippen LogP contribution in [0.5, 0.6) is 0 Å². The van der Waals surface area contributed by atoms with Crippen molar-refractivity contribution in [2.75, 3.05) is 0 Å². The first kappa shape index (κ1) is 16.5. The monoisotopic (exact) mass is 168 g/mol. The Bertz CT molecular complexity index is 99.1. The molecule has 5 heteroatoms. The van der Waals surface area contributed by atoms with Gasteiger partial charge in [0, 0.05) is 12.8 Å². The number of hydrogen-bond donors (Lipinski definition) is 2. The summed E-state index contributed by atoms with van der Waals surface area (Å²) in [5, 5.41) is 15.4. The van der Waals surface area contributed by atoms with E-state index in [2.05, 4.69) is 0 Å². The Balaban J connectivity index is -0.000000107. The lowest BCUT2D eigenvalue weighted by atomic mass is 10.5. The zero-order valence-electron chi connectivity index (χ0n) is 6.53. The third-order valence-electron chi connectivity index (χ3n) is 0.605. The van der Waals surface area contributed by atoms with Crippen LogP contribution in [0, 0.1) is 0 Å². The van der Waals surface area contributed by atoms with Gasteiger partial charge < -0.3 is 10.2 Å². The second kappa shape index (κ2) is 11.6. The van der Waals surface area contributed by atoms with Gasteiger partial charge in [0.25, 0.3) is 0 Å². The fourth-order valence-electron chi connectivity index (χ4n) is 0. The molecule has 2 N–H and O–H groups in total. The molecular formula is C6H13FO4. The van der Waals surface area contributed by atoms with Crippen molar-refractivity contribution in [3.8, 4) is 0 Å². The first-order valence-corrected chi connectivity index (χ1v) is 2.98. The Hall–Kier alpha value is -1.13. The number of aliphatic carboxylic acids is 2. The summed E-state index contributed by atoms with van der Waals surface area (Å²) in [7, 11) is 0. The van der Waals surface area contributed by atoms with Gasteiger partial charge in [0.1, 0.15) is 0 Å². The van der Waals surface area contributed by atoms with Crippen LogP contribution in [-0.2, 0) is 9.59 Å². The molecule has 68 valence electrons. The van der Waals surface area contributed by atoms with Crippen molar-refractivity contribution in [1.29, 1.82) is 0 Å². The molecule has 0 fully saturated rings. The smallest absolute Gasteiger partial charge is 0.303 e. The summed E-state index contributed by atoms with van der Waals surface area (Å²) in [5.41, 5.74) is 0. The number of carboxylic acids is 2. The number of hydrogen-bond acceptors (Lipinski definition) is 2. The quantitative estimate of drug-likeness (QED) is 0.647. The van der Waals surface area contributed by atoms with Crippen LogP contribution in [0.4, 0.5) is 4.70 Å². The highest BCUT2D eigenvalue weighted by Gasteiger charge is 1.81. The summed E-state index contributed by atoms with van der Waals surface area (Å²) in [6.45, 7) is 3.20. The standard InChI is InChI=1S/2C3H6O2.FH/c2*1-2-3(4)5;/h2*2H2,1H3,(H,4,5);1H. The van der Waals surface area contributed by atoms with E-state index >= 15 is 0 Å². The van der Waals surface area contributed by atoms with Gasteiger partial charge in [0.05, 0.1) is 0 Å². The summed E-state index contributed by atoms with van der Waals surface area (Å²) in [6.07, 6.45) is 0.444. The van der Waals surface area contributed by atoms with E-state index in [1.807, 2.05) is 0 Å². The molecule has 0 aromatic rings. The van der Waals surface area contributed by atoms with Gasteiger partial charge >= 0.3 is 11.9 Å². The predicted octanol–water partition coefficient (Wildman–Crippen LogP) is 1.11. The van der Waals surface area contributed by atoms with Crippen LogP contribution in [0.3, 0.4) is 0 Å². The minimum absolute atomic E-state index is 0. The van der Waals surface area contributed by atoms with E-state index in [1.54, 1.807) is 13.8 Å². The van der Waals surface area contributed by atoms with E-state index in [9.17, 15) is 9.59 Å². The van der Waals surface area contributed by atoms with Crippen LogP contribution in [0.2, 0.25) is 0 Å². The van der Waals surface area contributed by atoms with Crippen molar-refractivity contribution in [2.45, 2.75) is 26.7 Å². The Morgan fingerprint density at radius 3 is 1.09 bits per heavy atom. The molecule has 0 heterocycles. The van der Waals surface area contributed by atoms with Crippen LogP contribution >= 0.6 is 0 Å². The largest absolute Gasteiger partial charge is 0.481 e. The Morgan fingerprint density at radius 1 is 1.00 bits per heavy atom. The summed E-state index contributed by atoms with van der Waals surface area (Å²) in [5.74, 6) is -1.49. The van der Waals surface area contributed by atoms with E-state index in [0.717, 1.165) is 0 Å². The molecule has 0 saturated carbocycles. The maximum Gasteiger partial charge on any atom is 0.303 e. The predicted molar refractivity (Wildman–Crippen MR) is 38.4 cm³/mol. The molecular weight excluding hydrogens is 155 g/mol. The van der Waals surface area contributed by atoms with Gasteiger partial charge in [0.15, 0.2) is 0 Å². The molecule has 0 radical (unpaired) electrons. The van der Waals surface area contributed by atoms with Gasteiger partial charge in [-0.2, -0.15) is 0 Å². The van der Waals surface area contributed by atoms with E-state index in [4.69, 9.17) is 10.2 Å². The zero-order chi connectivity index (χ0) is 8.57. The number of carboxylic acid groups (broad SMARTS) is 2. The van der Waals surface area contributed by atoms with Crippen LogP contribution < -0.4 is 0 Å². The first-order valence-electron chi connectivity index (χ1n) is 2.98. The molecule has 0 aromatic heterocycles. The first-order chi connectivity index (χ1) is 4.54. The second-order valence-electron chi connectivity index (χ2n) is 1.49. The molecule has 0 rings (SSSR count). The van der Waals surface area contributed by atoms with Gasteiger partial charge in [-0.25, -0.2) is 0 Å². The summed E-state index contributed by atoms with van der Waals surface area (Å²) in [6, 6.07) is 0. The van der Waals surface area contributed by atoms with Crippen molar-refractivity contribution >= 4 is 11.9 Å². The van der Waals surface area contributed by atoms with Gasteiger partial charge in [-0.05, 0) is 0 Å². The fraction of sp³-hybridized carbons (Fsp3) is 0.667. The van der Waals surface area contributed by atoms with Crippen molar-refractivity contribution in [3.63, 3.8) is 0 Å². The lowest BCUT2D eigenvalue weighted by Crippen LogP contribution is -1.86. The highest BCUT2D eigenvalue weighted by molar-refractivity contribution is 5.66. The molecule has 0 atom stereocenters. The summed E-state index contributed by atoms with van der Waals surface area (Å²) < 4.78 is 0. The fourth-order valence-corrected chi connectivity index (χ4v) is 0. The van der Waals surface area contributed by atoms with Crippen LogP contribution in [0.1, 0.15) is 26.7 Å². The Kier molecular flexibility index (Phi) is 17.4. The lowest BCUT2D eigenvalue weighted by molar-refractivity contribution is -0.137. The third-order valence-corrected chi connectivity index (χ3v) is 0.605. The van der Waals surface area contributed by atoms with E-state index in [-0.39, 0.29) is 17.5 Å². The minimum Gasteiger partial charge on any atom is -0.481 e. The van der Waals surface area contributed by atoms with Crippen LogP contribution in [0.15, 0.2) is 0 Å². The molecule has 0 aliphatic rings. The average Bonchev–Trinajstić information content (AvgIpc) is 1.89. The summed E-state index contributed by atoms with van der Waals surface area (Å²) in [4.78, 5) is 18.7. The normalized spacial score (nSPS) is 6.73. The van der Waals surface area contributed by atoms with E-state index < -0.39 is 11.9 Å². The minimum atomic E-state index is -0.745. The average molecular weight is 168 g/mol.